The molecule has 0 unspecified atom stereocenters. The van der Waals surface area contributed by atoms with E-state index in [0.29, 0.717) is 5.56 Å². The second-order valence-corrected chi connectivity index (χ2v) is 4.68. The molecule has 0 bridgehead atoms. The topological polar surface area (TPSA) is 57.7 Å². The van der Waals surface area contributed by atoms with Crippen LogP contribution in [-0.4, -0.2) is 28.4 Å². The van der Waals surface area contributed by atoms with Crippen LogP contribution in [0.1, 0.15) is 25.8 Å². The zero-order valence-corrected chi connectivity index (χ0v) is 12.2. The van der Waals surface area contributed by atoms with E-state index in [1.54, 1.807) is 6.07 Å². The number of rotatable bonds is 5. The molecule has 0 radical (unpaired) electrons. The molecule has 0 saturated carbocycles. The molecule has 0 amide bonds. The van der Waals surface area contributed by atoms with Crippen LogP contribution in [0, 0.1) is 11.3 Å². The predicted octanol–water partition coefficient (Wildman–Crippen LogP) is 2.68. The van der Waals surface area contributed by atoms with Crippen molar-refractivity contribution in [3.8, 4) is 17.5 Å². The summed E-state index contributed by atoms with van der Waals surface area (Å²) in [4.78, 5) is 2.11. The molecule has 5 nitrogen and oxygen atoms in total. The summed E-state index contributed by atoms with van der Waals surface area (Å²) in [6.07, 6.45) is 1.06. The van der Waals surface area contributed by atoms with Crippen molar-refractivity contribution in [1.82, 2.24) is 14.8 Å². The van der Waals surface area contributed by atoms with Crippen molar-refractivity contribution in [2.75, 3.05) is 18.5 Å². The first-order valence-corrected chi connectivity index (χ1v) is 6.86. The van der Waals surface area contributed by atoms with Crippen molar-refractivity contribution in [2.45, 2.75) is 26.8 Å². The Morgan fingerprint density at radius 1 is 1.30 bits per heavy atom. The van der Waals surface area contributed by atoms with Gasteiger partial charge in [-0.25, -0.2) is 0 Å². The number of nitrogens with zero attached hydrogens (tertiary/aromatic N) is 5. The average molecular weight is 269 g/mol. The van der Waals surface area contributed by atoms with Crippen LogP contribution >= 0.6 is 0 Å². The first kappa shape index (κ1) is 14.1. The Bertz CT molecular complexity index is 623. The summed E-state index contributed by atoms with van der Waals surface area (Å²) in [5, 5.41) is 17.6. The summed E-state index contributed by atoms with van der Waals surface area (Å²) >= 11 is 0. The van der Waals surface area contributed by atoms with E-state index in [2.05, 4.69) is 39.6 Å². The minimum Gasteiger partial charge on any atom is -0.344 e. The van der Waals surface area contributed by atoms with Gasteiger partial charge in [-0.05, 0) is 25.5 Å². The number of aromatic nitrogens is 3. The summed E-state index contributed by atoms with van der Waals surface area (Å²) in [5.74, 6) is 1.68. The smallest absolute Gasteiger partial charge is 0.227 e. The molecule has 0 saturated heterocycles. The van der Waals surface area contributed by atoms with Crippen molar-refractivity contribution in [3.05, 3.63) is 29.8 Å². The minimum absolute atomic E-state index is 0.636. The predicted molar refractivity (Wildman–Crippen MR) is 79.4 cm³/mol. The standard InChI is InChI=1S/C15H19N5/c1-4-9-19(3)15-18-17-14(20(15)5-2)13-8-6-7-12(10-13)11-16/h6-8,10H,4-5,9H2,1-3H3. The van der Waals surface area contributed by atoms with Gasteiger partial charge in [0, 0.05) is 25.7 Å². The average Bonchev–Trinajstić information content (AvgIpc) is 2.91. The maximum atomic E-state index is 9.00. The molecule has 20 heavy (non-hydrogen) atoms. The first-order chi connectivity index (χ1) is 9.71. The highest BCUT2D eigenvalue weighted by Crippen LogP contribution is 2.23. The van der Waals surface area contributed by atoms with E-state index in [-0.39, 0.29) is 0 Å². The minimum atomic E-state index is 0.636. The third-order valence-corrected chi connectivity index (χ3v) is 3.20. The molecule has 104 valence electrons. The van der Waals surface area contributed by atoms with Crippen molar-refractivity contribution < 1.29 is 0 Å². The highest BCUT2D eigenvalue weighted by Gasteiger charge is 2.15. The summed E-state index contributed by atoms with van der Waals surface area (Å²) in [6, 6.07) is 9.63. The van der Waals surface area contributed by atoms with Crippen LogP contribution in [0.15, 0.2) is 24.3 Å². The second kappa shape index (κ2) is 6.20. The zero-order chi connectivity index (χ0) is 14.5. The maximum absolute atomic E-state index is 9.00. The summed E-state index contributed by atoms with van der Waals surface area (Å²) in [7, 11) is 2.02. The van der Waals surface area contributed by atoms with Crippen LogP contribution in [0.4, 0.5) is 5.95 Å². The fraction of sp³-hybridized carbons (Fsp3) is 0.400. The Morgan fingerprint density at radius 3 is 2.75 bits per heavy atom. The Balaban J connectivity index is 2.45. The lowest BCUT2D eigenvalue weighted by Crippen LogP contribution is -2.22. The molecule has 2 aromatic rings. The van der Waals surface area contributed by atoms with Gasteiger partial charge < -0.3 is 4.90 Å². The third kappa shape index (κ3) is 2.64. The molecule has 1 aromatic carbocycles. The Hall–Kier alpha value is -2.35. The fourth-order valence-corrected chi connectivity index (χ4v) is 2.25. The fourth-order valence-electron chi connectivity index (χ4n) is 2.25. The van der Waals surface area contributed by atoms with E-state index in [1.807, 2.05) is 25.2 Å². The van der Waals surface area contributed by atoms with Crippen LogP contribution in [0.5, 0.6) is 0 Å². The Morgan fingerprint density at radius 2 is 2.10 bits per heavy atom. The lowest BCUT2D eigenvalue weighted by molar-refractivity contribution is 0.722. The van der Waals surface area contributed by atoms with E-state index >= 15 is 0 Å². The van der Waals surface area contributed by atoms with Crippen molar-refractivity contribution in [3.63, 3.8) is 0 Å². The monoisotopic (exact) mass is 269 g/mol. The van der Waals surface area contributed by atoms with E-state index in [1.165, 1.54) is 0 Å². The number of nitriles is 1. The molecule has 1 aromatic heterocycles. The summed E-state index contributed by atoms with van der Waals surface area (Å²) < 4.78 is 2.08. The molecule has 0 N–H and O–H groups in total. The van der Waals surface area contributed by atoms with Gasteiger partial charge >= 0.3 is 0 Å². The van der Waals surface area contributed by atoms with Crippen molar-refractivity contribution >= 4 is 5.95 Å². The van der Waals surface area contributed by atoms with Gasteiger partial charge in [0.1, 0.15) is 0 Å². The van der Waals surface area contributed by atoms with Gasteiger partial charge in [-0.1, -0.05) is 19.1 Å². The van der Waals surface area contributed by atoms with Crippen LogP contribution < -0.4 is 4.90 Å². The largest absolute Gasteiger partial charge is 0.344 e. The Labute approximate surface area is 119 Å². The number of anilines is 1. The molecular formula is C15H19N5. The molecule has 5 heteroatoms. The van der Waals surface area contributed by atoms with E-state index < -0.39 is 0 Å². The van der Waals surface area contributed by atoms with E-state index in [0.717, 1.165) is 36.8 Å². The lowest BCUT2D eigenvalue weighted by atomic mass is 10.1. The lowest BCUT2D eigenvalue weighted by Gasteiger charge is -2.18. The molecule has 0 aliphatic heterocycles. The molecule has 0 aliphatic rings. The van der Waals surface area contributed by atoms with Gasteiger partial charge in [0.05, 0.1) is 11.6 Å². The van der Waals surface area contributed by atoms with E-state index in [9.17, 15) is 0 Å². The van der Waals surface area contributed by atoms with Crippen molar-refractivity contribution in [2.24, 2.45) is 0 Å². The molecule has 1 heterocycles. The highest BCUT2D eigenvalue weighted by molar-refractivity contribution is 5.60. The van der Waals surface area contributed by atoms with Gasteiger partial charge in [-0.2, -0.15) is 5.26 Å². The number of benzene rings is 1. The first-order valence-electron chi connectivity index (χ1n) is 6.86. The van der Waals surface area contributed by atoms with Crippen LogP contribution in [0.2, 0.25) is 0 Å². The number of hydrogen-bond acceptors (Lipinski definition) is 4. The van der Waals surface area contributed by atoms with Crippen LogP contribution in [0.3, 0.4) is 0 Å². The van der Waals surface area contributed by atoms with Gasteiger partial charge in [0.15, 0.2) is 5.82 Å². The highest BCUT2D eigenvalue weighted by atomic mass is 15.4. The summed E-state index contributed by atoms with van der Waals surface area (Å²) in [5.41, 5.74) is 1.56. The normalized spacial score (nSPS) is 10.3. The van der Waals surface area contributed by atoms with Gasteiger partial charge in [0.2, 0.25) is 5.95 Å². The van der Waals surface area contributed by atoms with Gasteiger partial charge in [-0.3, -0.25) is 4.57 Å². The van der Waals surface area contributed by atoms with Crippen LogP contribution in [-0.2, 0) is 6.54 Å². The Kier molecular flexibility index (Phi) is 4.36. The van der Waals surface area contributed by atoms with Gasteiger partial charge in [-0.15, -0.1) is 10.2 Å². The maximum Gasteiger partial charge on any atom is 0.227 e. The van der Waals surface area contributed by atoms with E-state index in [4.69, 9.17) is 5.26 Å². The van der Waals surface area contributed by atoms with Gasteiger partial charge in [0.25, 0.3) is 0 Å². The third-order valence-electron chi connectivity index (χ3n) is 3.20. The van der Waals surface area contributed by atoms with Crippen molar-refractivity contribution in [1.29, 1.82) is 5.26 Å². The molecule has 2 rings (SSSR count). The zero-order valence-electron chi connectivity index (χ0n) is 12.2. The van der Waals surface area contributed by atoms with Crippen LogP contribution in [0.25, 0.3) is 11.4 Å². The molecule has 0 spiro atoms. The second-order valence-electron chi connectivity index (χ2n) is 4.68. The summed E-state index contributed by atoms with van der Waals surface area (Å²) in [6.45, 7) is 5.95. The molecule has 0 fully saturated rings. The molecule has 0 aliphatic carbocycles. The molecular weight excluding hydrogens is 250 g/mol. The SMILES string of the molecule is CCCN(C)c1nnc(-c2cccc(C#N)c2)n1CC. The quantitative estimate of drug-likeness (QED) is 0.837. The molecule has 0 atom stereocenters. The number of hydrogen-bond donors (Lipinski definition) is 0.